The van der Waals surface area contributed by atoms with Crippen LogP contribution in [0.15, 0.2) is 12.1 Å². The Morgan fingerprint density at radius 3 is 2.71 bits per heavy atom. The average molecular weight is 305 g/mol. The summed E-state index contributed by atoms with van der Waals surface area (Å²) in [6.07, 6.45) is 4.33. The fourth-order valence-corrected chi connectivity index (χ4v) is 4.31. The normalized spacial score (nSPS) is 29.9. The largest absolute Gasteiger partial charge is 0.313 e. The highest BCUT2D eigenvalue weighted by atomic mass is 35.5. The SMILES string of the molecule is C[C@H]1CCC(c2cc(Cl)c3c(c2)C2(CC2)C(=O)N3C)NC1. The molecule has 3 aliphatic rings. The number of nitrogens with one attached hydrogen (secondary N) is 1. The van der Waals surface area contributed by atoms with Gasteiger partial charge < -0.3 is 10.2 Å². The molecule has 1 N–H and O–H groups in total. The van der Waals surface area contributed by atoms with E-state index in [4.69, 9.17) is 11.6 Å². The first kappa shape index (κ1) is 13.6. The standard InChI is InChI=1S/C17H21ClN2O/c1-10-3-4-14(19-9-10)11-7-12-15(13(18)8-11)20(2)16(21)17(12)5-6-17/h7-8,10,14,19H,3-6,9H2,1-2H3/t10-,14?/m0/s1. The monoisotopic (exact) mass is 304 g/mol. The molecule has 4 rings (SSSR count). The van der Waals surface area contributed by atoms with Gasteiger partial charge in [-0.1, -0.05) is 24.6 Å². The highest BCUT2D eigenvalue weighted by Gasteiger charge is 2.59. The van der Waals surface area contributed by atoms with Crippen LogP contribution in [0.3, 0.4) is 0 Å². The number of nitrogens with zero attached hydrogens (tertiary/aromatic N) is 1. The third-order valence-electron chi connectivity index (χ3n) is 5.46. The van der Waals surface area contributed by atoms with Crippen molar-refractivity contribution in [3.63, 3.8) is 0 Å². The van der Waals surface area contributed by atoms with Crippen molar-refractivity contribution in [3.05, 3.63) is 28.3 Å². The van der Waals surface area contributed by atoms with E-state index in [2.05, 4.69) is 24.4 Å². The molecule has 0 aromatic heterocycles. The Morgan fingerprint density at radius 1 is 1.33 bits per heavy atom. The maximum atomic E-state index is 12.5. The minimum atomic E-state index is -0.244. The zero-order valence-electron chi connectivity index (χ0n) is 12.6. The molecule has 3 nitrogen and oxygen atoms in total. The van der Waals surface area contributed by atoms with E-state index in [1.54, 1.807) is 4.90 Å². The van der Waals surface area contributed by atoms with Gasteiger partial charge in [-0.3, -0.25) is 4.79 Å². The lowest BCUT2D eigenvalue weighted by molar-refractivity contribution is -0.119. The third-order valence-corrected chi connectivity index (χ3v) is 5.75. The van der Waals surface area contributed by atoms with Gasteiger partial charge in [-0.15, -0.1) is 0 Å². The van der Waals surface area contributed by atoms with Gasteiger partial charge in [0, 0.05) is 13.1 Å². The first-order valence-corrected chi connectivity index (χ1v) is 8.26. The molecule has 1 aromatic rings. The molecule has 1 amide bonds. The molecular formula is C17H21ClN2O. The maximum absolute atomic E-state index is 12.5. The molecular weight excluding hydrogens is 284 g/mol. The average Bonchev–Trinajstić information content (AvgIpc) is 3.23. The number of piperidine rings is 1. The minimum Gasteiger partial charge on any atom is -0.313 e. The highest BCUT2D eigenvalue weighted by molar-refractivity contribution is 6.35. The molecule has 2 heterocycles. The second kappa shape index (κ2) is 4.47. The second-order valence-corrected chi connectivity index (χ2v) is 7.40. The van der Waals surface area contributed by atoms with Crippen LogP contribution in [-0.2, 0) is 10.2 Å². The summed E-state index contributed by atoms with van der Waals surface area (Å²) >= 11 is 6.52. The molecule has 2 aliphatic heterocycles. The molecule has 0 radical (unpaired) electrons. The first-order chi connectivity index (χ1) is 10.0. The van der Waals surface area contributed by atoms with Crippen LogP contribution in [0, 0.1) is 5.92 Å². The molecule has 112 valence electrons. The Morgan fingerprint density at radius 2 is 2.10 bits per heavy atom. The number of halogens is 1. The summed E-state index contributed by atoms with van der Waals surface area (Å²) in [5, 5.41) is 4.34. The number of carbonyl (C=O) groups excluding carboxylic acids is 1. The summed E-state index contributed by atoms with van der Waals surface area (Å²) in [6, 6.07) is 4.67. The van der Waals surface area contributed by atoms with Crippen LogP contribution in [0.1, 0.15) is 49.8 Å². The molecule has 0 bridgehead atoms. The van der Waals surface area contributed by atoms with E-state index in [9.17, 15) is 4.79 Å². The lowest BCUT2D eigenvalue weighted by atomic mass is 9.89. The number of anilines is 1. The first-order valence-electron chi connectivity index (χ1n) is 7.88. The topological polar surface area (TPSA) is 32.3 Å². The van der Waals surface area contributed by atoms with Crippen LogP contribution in [0.4, 0.5) is 5.69 Å². The van der Waals surface area contributed by atoms with Gasteiger partial charge in [-0.2, -0.15) is 0 Å². The van der Waals surface area contributed by atoms with Crippen LogP contribution >= 0.6 is 11.6 Å². The van der Waals surface area contributed by atoms with Gasteiger partial charge in [-0.05, 0) is 55.3 Å². The Balaban J connectivity index is 1.75. The maximum Gasteiger partial charge on any atom is 0.237 e. The number of benzene rings is 1. The minimum absolute atomic E-state index is 0.224. The predicted molar refractivity (Wildman–Crippen MR) is 84.9 cm³/mol. The molecule has 1 aliphatic carbocycles. The summed E-state index contributed by atoms with van der Waals surface area (Å²) in [5.74, 6) is 0.968. The Hall–Kier alpha value is -1.06. The van der Waals surface area contributed by atoms with Crippen molar-refractivity contribution in [3.8, 4) is 0 Å². The van der Waals surface area contributed by atoms with Crippen molar-refractivity contribution in [1.29, 1.82) is 0 Å². The van der Waals surface area contributed by atoms with Gasteiger partial charge >= 0.3 is 0 Å². The lowest BCUT2D eigenvalue weighted by Crippen LogP contribution is -2.32. The molecule has 1 unspecified atom stereocenters. The van der Waals surface area contributed by atoms with E-state index >= 15 is 0 Å². The number of fused-ring (bicyclic) bond motifs is 2. The van der Waals surface area contributed by atoms with Gasteiger partial charge in [0.25, 0.3) is 0 Å². The van der Waals surface area contributed by atoms with Crippen molar-refractivity contribution >= 4 is 23.2 Å². The van der Waals surface area contributed by atoms with Crippen molar-refractivity contribution in [2.24, 2.45) is 5.92 Å². The molecule has 1 saturated heterocycles. The lowest BCUT2D eigenvalue weighted by Gasteiger charge is -2.29. The van der Waals surface area contributed by atoms with Crippen molar-refractivity contribution in [2.45, 2.75) is 44.1 Å². The molecule has 2 fully saturated rings. The van der Waals surface area contributed by atoms with E-state index in [-0.39, 0.29) is 11.3 Å². The fraction of sp³-hybridized carbons (Fsp3) is 0.588. The molecule has 4 heteroatoms. The number of likely N-dealkylation sites (N-methyl/N-ethyl adjacent to an activating group) is 1. The number of amides is 1. The smallest absolute Gasteiger partial charge is 0.237 e. The molecule has 1 aromatic carbocycles. The summed E-state index contributed by atoms with van der Waals surface area (Å²) < 4.78 is 0. The van der Waals surface area contributed by atoms with Crippen LogP contribution in [-0.4, -0.2) is 19.5 Å². The Kier molecular flexibility index (Phi) is 2.89. The second-order valence-electron chi connectivity index (χ2n) is 6.99. The van der Waals surface area contributed by atoms with E-state index in [1.165, 1.54) is 12.0 Å². The molecule has 21 heavy (non-hydrogen) atoms. The van der Waals surface area contributed by atoms with E-state index in [0.717, 1.165) is 48.0 Å². The van der Waals surface area contributed by atoms with E-state index in [1.807, 2.05) is 7.05 Å². The van der Waals surface area contributed by atoms with Crippen molar-refractivity contribution < 1.29 is 4.79 Å². The van der Waals surface area contributed by atoms with Gasteiger partial charge in [0.1, 0.15) is 0 Å². The van der Waals surface area contributed by atoms with E-state index in [0.29, 0.717) is 6.04 Å². The summed E-state index contributed by atoms with van der Waals surface area (Å²) in [6.45, 7) is 3.34. The predicted octanol–water partition coefficient (Wildman–Crippen LogP) is 3.41. The zero-order valence-corrected chi connectivity index (χ0v) is 13.3. The molecule has 1 saturated carbocycles. The van der Waals surface area contributed by atoms with Gasteiger partial charge in [0.2, 0.25) is 5.91 Å². The summed E-state index contributed by atoms with van der Waals surface area (Å²) in [7, 11) is 1.85. The summed E-state index contributed by atoms with van der Waals surface area (Å²) in [4.78, 5) is 14.2. The number of rotatable bonds is 1. The number of hydrogen-bond acceptors (Lipinski definition) is 2. The highest BCUT2D eigenvalue weighted by Crippen LogP contribution is 2.59. The number of carbonyl (C=O) groups is 1. The Bertz CT molecular complexity index is 615. The molecule has 2 atom stereocenters. The molecule has 1 spiro atoms. The zero-order chi connectivity index (χ0) is 14.8. The van der Waals surface area contributed by atoms with Gasteiger partial charge in [-0.25, -0.2) is 0 Å². The van der Waals surface area contributed by atoms with Crippen molar-refractivity contribution in [2.75, 3.05) is 18.5 Å². The van der Waals surface area contributed by atoms with Gasteiger partial charge in [0.05, 0.1) is 16.1 Å². The summed E-state index contributed by atoms with van der Waals surface area (Å²) in [5.41, 5.74) is 3.11. The van der Waals surface area contributed by atoms with Crippen LogP contribution in [0.5, 0.6) is 0 Å². The quantitative estimate of drug-likeness (QED) is 0.862. The van der Waals surface area contributed by atoms with Crippen molar-refractivity contribution in [1.82, 2.24) is 5.32 Å². The van der Waals surface area contributed by atoms with Gasteiger partial charge in [0.15, 0.2) is 0 Å². The Labute approximate surface area is 130 Å². The van der Waals surface area contributed by atoms with Crippen LogP contribution in [0.25, 0.3) is 0 Å². The van der Waals surface area contributed by atoms with E-state index < -0.39 is 0 Å². The number of hydrogen-bond donors (Lipinski definition) is 1. The fourth-order valence-electron chi connectivity index (χ4n) is 3.96. The van der Waals surface area contributed by atoms with Crippen LogP contribution in [0.2, 0.25) is 5.02 Å². The third kappa shape index (κ3) is 1.87. The van der Waals surface area contributed by atoms with Crippen LogP contribution < -0.4 is 10.2 Å².